The van der Waals surface area contributed by atoms with Crippen molar-refractivity contribution in [2.24, 2.45) is 0 Å². The summed E-state index contributed by atoms with van der Waals surface area (Å²) >= 11 is 0. The van der Waals surface area contributed by atoms with E-state index in [9.17, 15) is 0 Å². The van der Waals surface area contributed by atoms with E-state index < -0.39 is 0 Å². The number of hydroxylamine groups is 1. The van der Waals surface area contributed by atoms with Crippen LogP contribution in [0.2, 0.25) is 0 Å². The average molecular weight is 88.1 g/mol. The Balaban J connectivity index is 2.34. The van der Waals surface area contributed by atoms with Crippen molar-refractivity contribution in [2.75, 3.05) is 6.54 Å². The Kier molecular flexibility index (Phi) is 4.85. The van der Waals surface area contributed by atoms with Gasteiger partial charge in [-0.15, -0.1) is 0 Å². The molecule has 2 nitrogen and oxygen atoms in total. The van der Waals surface area contributed by atoms with E-state index in [4.69, 9.17) is 5.21 Å². The van der Waals surface area contributed by atoms with E-state index in [1.807, 2.05) is 5.48 Å². The van der Waals surface area contributed by atoms with Gasteiger partial charge in [-0.1, -0.05) is 13.3 Å². The van der Waals surface area contributed by atoms with Gasteiger partial charge in [0.1, 0.15) is 0 Å². The molecule has 0 fully saturated rings. The SMILES string of the molecule is [CH2]CCCNO. The highest BCUT2D eigenvalue weighted by Crippen LogP contribution is 1.78. The zero-order valence-corrected chi connectivity index (χ0v) is 3.78. The fourth-order valence-corrected chi connectivity index (χ4v) is 0.204. The van der Waals surface area contributed by atoms with E-state index in [0.29, 0.717) is 6.54 Å². The molecular weight excluding hydrogens is 78.0 g/mol. The van der Waals surface area contributed by atoms with Crippen molar-refractivity contribution in [1.82, 2.24) is 5.48 Å². The van der Waals surface area contributed by atoms with E-state index in [1.165, 1.54) is 0 Å². The number of rotatable bonds is 3. The van der Waals surface area contributed by atoms with Gasteiger partial charge in [-0.25, -0.2) is 5.48 Å². The Morgan fingerprint density at radius 1 is 1.67 bits per heavy atom. The van der Waals surface area contributed by atoms with Gasteiger partial charge in [-0.05, 0) is 6.42 Å². The zero-order valence-electron chi connectivity index (χ0n) is 3.78. The summed E-state index contributed by atoms with van der Waals surface area (Å²) in [5.74, 6) is 0. The smallest absolute Gasteiger partial charge is 0.0207 e. The summed E-state index contributed by atoms with van der Waals surface area (Å²) in [5, 5.41) is 7.92. The summed E-state index contributed by atoms with van der Waals surface area (Å²) in [7, 11) is 0. The Morgan fingerprint density at radius 3 is 2.50 bits per heavy atom. The summed E-state index contributed by atoms with van der Waals surface area (Å²) in [6.45, 7) is 4.23. The summed E-state index contributed by atoms with van der Waals surface area (Å²) < 4.78 is 0. The van der Waals surface area contributed by atoms with Crippen molar-refractivity contribution in [3.05, 3.63) is 6.92 Å². The minimum atomic E-state index is 0.656. The molecule has 0 aliphatic heterocycles. The molecule has 2 heteroatoms. The highest BCUT2D eigenvalue weighted by molar-refractivity contribution is 4.39. The van der Waals surface area contributed by atoms with Crippen molar-refractivity contribution in [3.8, 4) is 0 Å². The minimum absolute atomic E-state index is 0.656. The molecule has 0 amide bonds. The lowest BCUT2D eigenvalue weighted by molar-refractivity contribution is 0.166. The molecule has 0 spiro atoms. The third-order valence-electron chi connectivity index (χ3n) is 0.539. The topological polar surface area (TPSA) is 32.3 Å². The molecule has 0 atom stereocenters. The maximum absolute atomic E-state index is 7.92. The molecule has 0 rings (SSSR count). The highest BCUT2D eigenvalue weighted by Gasteiger charge is 1.74. The highest BCUT2D eigenvalue weighted by atomic mass is 16.5. The van der Waals surface area contributed by atoms with Gasteiger partial charge in [0.2, 0.25) is 0 Å². The summed E-state index contributed by atoms with van der Waals surface area (Å²) in [5.41, 5.74) is 2.03. The molecule has 1 radical (unpaired) electrons. The van der Waals surface area contributed by atoms with Gasteiger partial charge in [-0.2, -0.15) is 0 Å². The van der Waals surface area contributed by atoms with Crippen LogP contribution in [-0.4, -0.2) is 11.8 Å². The second kappa shape index (κ2) is 4.92. The standard InChI is InChI=1S/C4H10NO/c1-2-3-4-5-6/h5-6H,1-4H2. The van der Waals surface area contributed by atoms with Crippen LogP contribution in [0.25, 0.3) is 0 Å². The number of nitrogens with one attached hydrogen (secondary N) is 1. The zero-order chi connectivity index (χ0) is 4.83. The van der Waals surface area contributed by atoms with Crippen molar-refractivity contribution in [3.63, 3.8) is 0 Å². The Labute approximate surface area is 38.1 Å². The monoisotopic (exact) mass is 88.1 g/mol. The summed E-state index contributed by atoms with van der Waals surface area (Å²) in [4.78, 5) is 0. The van der Waals surface area contributed by atoms with E-state index in [2.05, 4.69) is 6.92 Å². The molecule has 0 saturated heterocycles. The lowest BCUT2D eigenvalue weighted by atomic mass is 10.3. The lowest BCUT2D eigenvalue weighted by Gasteiger charge is -1.88. The molecular formula is C4H10NO. The third-order valence-corrected chi connectivity index (χ3v) is 0.539. The quantitative estimate of drug-likeness (QED) is 0.390. The van der Waals surface area contributed by atoms with Gasteiger partial charge in [-0.3, -0.25) is 0 Å². The molecule has 0 heterocycles. The summed E-state index contributed by atoms with van der Waals surface area (Å²) in [6, 6.07) is 0. The predicted octanol–water partition coefficient (Wildman–Crippen LogP) is 0.579. The first-order valence-corrected chi connectivity index (χ1v) is 2.08. The molecule has 0 aliphatic carbocycles. The van der Waals surface area contributed by atoms with E-state index >= 15 is 0 Å². The van der Waals surface area contributed by atoms with Crippen LogP contribution in [0, 0.1) is 6.92 Å². The predicted molar refractivity (Wildman–Crippen MR) is 24.4 cm³/mol. The van der Waals surface area contributed by atoms with Gasteiger partial charge < -0.3 is 5.21 Å². The number of hydrogen-bond donors (Lipinski definition) is 2. The van der Waals surface area contributed by atoms with Gasteiger partial charge >= 0.3 is 0 Å². The molecule has 0 bridgehead atoms. The average Bonchev–Trinajstić information content (AvgIpc) is 1.61. The van der Waals surface area contributed by atoms with Crippen LogP contribution < -0.4 is 5.48 Å². The largest absolute Gasteiger partial charge is 0.317 e. The molecule has 6 heavy (non-hydrogen) atoms. The molecule has 0 aromatic rings. The van der Waals surface area contributed by atoms with Crippen molar-refractivity contribution >= 4 is 0 Å². The molecule has 37 valence electrons. The molecule has 0 saturated carbocycles. The molecule has 0 aliphatic rings. The first kappa shape index (κ1) is 5.92. The van der Waals surface area contributed by atoms with E-state index in [0.717, 1.165) is 12.8 Å². The van der Waals surface area contributed by atoms with Crippen molar-refractivity contribution in [2.45, 2.75) is 12.8 Å². The Hall–Kier alpha value is -0.0800. The lowest BCUT2D eigenvalue weighted by Crippen LogP contribution is -2.07. The van der Waals surface area contributed by atoms with Crippen molar-refractivity contribution < 1.29 is 5.21 Å². The molecule has 2 N–H and O–H groups in total. The first-order chi connectivity index (χ1) is 2.91. The number of hydrogen-bond acceptors (Lipinski definition) is 2. The van der Waals surface area contributed by atoms with Crippen LogP contribution in [0.5, 0.6) is 0 Å². The Bertz CT molecular complexity index is 19.5. The third kappa shape index (κ3) is 3.92. The van der Waals surface area contributed by atoms with Crippen LogP contribution in [0.4, 0.5) is 0 Å². The van der Waals surface area contributed by atoms with Crippen LogP contribution >= 0.6 is 0 Å². The van der Waals surface area contributed by atoms with Crippen molar-refractivity contribution in [1.29, 1.82) is 0 Å². The Morgan fingerprint density at radius 2 is 2.33 bits per heavy atom. The van der Waals surface area contributed by atoms with E-state index in [1.54, 1.807) is 0 Å². The molecule has 0 aromatic carbocycles. The number of unbranched alkanes of at least 4 members (excludes halogenated alkanes) is 1. The summed E-state index contributed by atoms with van der Waals surface area (Å²) in [6.07, 6.45) is 1.82. The van der Waals surface area contributed by atoms with Crippen LogP contribution in [0.3, 0.4) is 0 Å². The second-order valence-corrected chi connectivity index (χ2v) is 1.12. The fourth-order valence-electron chi connectivity index (χ4n) is 0.204. The van der Waals surface area contributed by atoms with Gasteiger partial charge in [0.15, 0.2) is 0 Å². The van der Waals surface area contributed by atoms with Crippen LogP contribution in [-0.2, 0) is 0 Å². The first-order valence-electron chi connectivity index (χ1n) is 2.08. The van der Waals surface area contributed by atoms with Gasteiger partial charge in [0, 0.05) is 6.54 Å². The van der Waals surface area contributed by atoms with Crippen LogP contribution in [0.1, 0.15) is 12.8 Å². The molecule has 0 aromatic heterocycles. The van der Waals surface area contributed by atoms with E-state index in [-0.39, 0.29) is 0 Å². The second-order valence-electron chi connectivity index (χ2n) is 1.12. The van der Waals surface area contributed by atoms with Gasteiger partial charge in [0.05, 0.1) is 0 Å². The maximum Gasteiger partial charge on any atom is 0.0207 e. The fraction of sp³-hybridized carbons (Fsp3) is 0.750. The van der Waals surface area contributed by atoms with Gasteiger partial charge in [0.25, 0.3) is 0 Å². The maximum atomic E-state index is 7.92. The minimum Gasteiger partial charge on any atom is -0.317 e. The molecule has 0 unspecified atom stereocenters. The van der Waals surface area contributed by atoms with Crippen LogP contribution in [0.15, 0.2) is 0 Å². The normalized spacial score (nSPS) is 9.00.